The van der Waals surface area contributed by atoms with Gasteiger partial charge < -0.3 is 9.47 Å². The third kappa shape index (κ3) is 13.9. The molecule has 0 spiro atoms. The van der Waals surface area contributed by atoms with Gasteiger partial charge in [-0.2, -0.15) is 0 Å². The lowest BCUT2D eigenvalue weighted by atomic mass is 9.76. The number of rotatable bonds is 18. The van der Waals surface area contributed by atoms with Gasteiger partial charge >= 0.3 is 11.9 Å². The van der Waals surface area contributed by atoms with Crippen molar-refractivity contribution < 1.29 is 19.1 Å². The van der Waals surface area contributed by atoms with Crippen molar-refractivity contribution in [2.24, 2.45) is 29.6 Å². The van der Waals surface area contributed by atoms with Crippen LogP contribution in [0.4, 0.5) is 0 Å². The van der Waals surface area contributed by atoms with Crippen molar-refractivity contribution in [2.45, 2.75) is 118 Å². The minimum absolute atomic E-state index is 0.000732. The van der Waals surface area contributed by atoms with Gasteiger partial charge in [0, 0.05) is 0 Å². The van der Waals surface area contributed by atoms with Gasteiger partial charge in [0.1, 0.15) is 0 Å². The molecule has 33 heavy (non-hydrogen) atoms. The lowest BCUT2D eigenvalue weighted by molar-refractivity contribution is -0.162. The molecule has 3 unspecified atom stereocenters. The summed E-state index contributed by atoms with van der Waals surface area (Å²) in [7, 11) is 0. The molecule has 0 aromatic rings. The zero-order valence-electron chi connectivity index (χ0n) is 22.3. The summed E-state index contributed by atoms with van der Waals surface area (Å²) in [5, 5.41) is 0. The molecule has 0 heterocycles. The quantitative estimate of drug-likeness (QED) is 0.117. The van der Waals surface area contributed by atoms with Crippen LogP contribution in [0.5, 0.6) is 0 Å². The summed E-state index contributed by atoms with van der Waals surface area (Å²) >= 11 is 0. The number of carbonyl (C=O) groups is 2. The first kappa shape index (κ1) is 29.7. The van der Waals surface area contributed by atoms with Crippen molar-refractivity contribution in [3.8, 4) is 0 Å². The highest BCUT2D eigenvalue weighted by Gasteiger charge is 2.40. The van der Waals surface area contributed by atoms with Crippen molar-refractivity contribution in [3.05, 3.63) is 12.2 Å². The fourth-order valence-electron chi connectivity index (χ4n) is 4.61. The molecule has 0 saturated heterocycles. The number of carbonyl (C=O) groups excluding carboxylic acids is 2. The van der Waals surface area contributed by atoms with E-state index in [1.54, 1.807) is 0 Å². The van der Waals surface area contributed by atoms with Crippen LogP contribution < -0.4 is 0 Å². The number of hydrogen-bond acceptors (Lipinski definition) is 4. The number of hydrogen-bond donors (Lipinski definition) is 0. The second-order valence-corrected chi connectivity index (χ2v) is 10.9. The van der Waals surface area contributed by atoms with Crippen molar-refractivity contribution >= 4 is 11.9 Å². The zero-order valence-corrected chi connectivity index (χ0v) is 22.3. The average Bonchev–Trinajstić information content (AvgIpc) is 2.76. The number of esters is 2. The van der Waals surface area contributed by atoms with E-state index in [-0.39, 0.29) is 17.9 Å². The van der Waals surface area contributed by atoms with E-state index in [0.717, 1.165) is 37.5 Å². The summed E-state index contributed by atoms with van der Waals surface area (Å²) in [4.78, 5) is 25.5. The first-order valence-corrected chi connectivity index (χ1v) is 13.8. The first-order chi connectivity index (χ1) is 15.8. The molecule has 0 aliphatic heterocycles. The van der Waals surface area contributed by atoms with E-state index in [2.05, 4.69) is 27.7 Å². The van der Waals surface area contributed by atoms with E-state index < -0.39 is 11.8 Å². The summed E-state index contributed by atoms with van der Waals surface area (Å²) in [6.45, 7) is 12.0. The molecule has 0 radical (unpaired) electrons. The third-order valence-electron chi connectivity index (χ3n) is 6.74. The van der Waals surface area contributed by atoms with Crippen LogP contribution in [0.25, 0.3) is 0 Å². The Morgan fingerprint density at radius 3 is 1.70 bits per heavy atom. The van der Waals surface area contributed by atoms with E-state index >= 15 is 0 Å². The number of unbranched alkanes of at least 4 members (excludes halogenated alkanes) is 8. The third-order valence-corrected chi connectivity index (χ3v) is 6.74. The van der Waals surface area contributed by atoms with Gasteiger partial charge in [0.15, 0.2) is 0 Å². The van der Waals surface area contributed by atoms with Gasteiger partial charge in [0.2, 0.25) is 0 Å². The molecular weight excluding hydrogens is 412 g/mol. The fourth-order valence-corrected chi connectivity index (χ4v) is 4.61. The lowest BCUT2D eigenvalue weighted by Crippen LogP contribution is -2.38. The Morgan fingerprint density at radius 2 is 1.18 bits per heavy atom. The van der Waals surface area contributed by atoms with Crippen molar-refractivity contribution in [2.75, 3.05) is 13.2 Å². The molecule has 0 fully saturated rings. The summed E-state index contributed by atoms with van der Waals surface area (Å²) in [5.41, 5.74) is 0. The Kier molecular flexibility index (Phi) is 16.3. The highest BCUT2D eigenvalue weighted by molar-refractivity contribution is 5.83. The Morgan fingerprint density at radius 1 is 0.727 bits per heavy atom. The normalized spacial score (nSPS) is 20.4. The van der Waals surface area contributed by atoms with Gasteiger partial charge in [-0.1, -0.05) is 111 Å². The molecule has 192 valence electrons. The highest BCUT2D eigenvalue weighted by Crippen LogP contribution is 2.32. The van der Waals surface area contributed by atoms with Crippen LogP contribution in [0.15, 0.2) is 12.2 Å². The van der Waals surface area contributed by atoms with Crippen LogP contribution in [0.3, 0.4) is 0 Å². The highest BCUT2D eigenvalue weighted by atomic mass is 16.5. The summed E-state index contributed by atoms with van der Waals surface area (Å²) in [5.74, 6) is 0.232. The van der Waals surface area contributed by atoms with Crippen molar-refractivity contribution in [3.63, 3.8) is 0 Å². The molecule has 0 amide bonds. The Bertz CT molecular complexity index is 552. The minimum Gasteiger partial charge on any atom is -0.465 e. The molecule has 0 N–H and O–H groups in total. The molecule has 0 bridgehead atoms. The average molecular weight is 465 g/mol. The second-order valence-electron chi connectivity index (χ2n) is 10.9. The second kappa shape index (κ2) is 18.1. The molecule has 3 atom stereocenters. The maximum absolute atomic E-state index is 12.8. The Balaban J connectivity index is 2.27. The molecular formula is C29H52O4. The predicted molar refractivity (Wildman–Crippen MR) is 137 cm³/mol. The monoisotopic (exact) mass is 464 g/mol. The molecule has 0 saturated carbocycles. The Labute approximate surface area is 204 Å². The van der Waals surface area contributed by atoms with Crippen LogP contribution >= 0.6 is 0 Å². The predicted octanol–water partition coefficient (Wildman–Crippen LogP) is 7.89. The molecule has 4 nitrogen and oxygen atoms in total. The lowest BCUT2D eigenvalue weighted by Gasteiger charge is -2.30. The van der Waals surface area contributed by atoms with Crippen LogP contribution in [-0.4, -0.2) is 25.2 Å². The van der Waals surface area contributed by atoms with Crippen LogP contribution in [-0.2, 0) is 19.1 Å². The molecule has 4 heteroatoms. The fraction of sp³-hybridized carbons (Fsp3) is 0.862. The molecule has 0 aromatic carbocycles. The molecule has 0 aromatic heterocycles. The van der Waals surface area contributed by atoms with Gasteiger partial charge in [-0.15, -0.1) is 0 Å². The van der Waals surface area contributed by atoms with Gasteiger partial charge in [-0.3, -0.25) is 9.59 Å². The summed E-state index contributed by atoms with van der Waals surface area (Å²) in [6, 6.07) is 0. The van der Waals surface area contributed by atoms with Crippen LogP contribution in [0, 0.1) is 29.6 Å². The van der Waals surface area contributed by atoms with Gasteiger partial charge in [0.05, 0.1) is 25.0 Å². The van der Waals surface area contributed by atoms with Crippen LogP contribution in [0.1, 0.15) is 118 Å². The minimum atomic E-state index is -0.426. The zero-order chi connectivity index (χ0) is 24.5. The number of allylic oxidation sites excluding steroid dienone is 2. The van der Waals surface area contributed by atoms with Crippen molar-refractivity contribution in [1.29, 1.82) is 0 Å². The molecule has 1 aliphatic rings. The van der Waals surface area contributed by atoms with Gasteiger partial charge in [-0.25, -0.2) is 0 Å². The molecule has 1 aliphatic carbocycles. The van der Waals surface area contributed by atoms with E-state index in [1.165, 1.54) is 51.4 Å². The molecule has 1 rings (SSSR count). The summed E-state index contributed by atoms with van der Waals surface area (Å²) < 4.78 is 11.2. The standard InChI is InChI=1S/C29H52O4/c1-23(2)17-12-8-6-10-14-21-32-28(30)26-20-16-19-25(5)27(26)29(31)33-22-15-11-7-9-13-18-24(3)4/h16,19,23-27H,6-15,17-18,20-22H2,1-5H3. The Hall–Kier alpha value is -1.32. The number of ether oxygens (including phenoxy) is 2. The largest absolute Gasteiger partial charge is 0.465 e. The van der Waals surface area contributed by atoms with E-state index in [0.29, 0.717) is 19.6 Å². The van der Waals surface area contributed by atoms with E-state index in [4.69, 9.17) is 9.47 Å². The topological polar surface area (TPSA) is 52.6 Å². The smallest absolute Gasteiger partial charge is 0.310 e. The van der Waals surface area contributed by atoms with Crippen LogP contribution in [0.2, 0.25) is 0 Å². The summed E-state index contributed by atoms with van der Waals surface area (Å²) in [6.07, 6.45) is 18.6. The van der Waals surface area contributed by atoms with E-state index in [1.807, 2.05) is 19.1 Å². The van der Waals surface area contributed by atoms with Gasteiger partial charge in [0.25, 0.3) is 0 Å². The van der Waals surface area contributed by atoms with E-state index in [9.17, 15) is 9.59 Å². The maximum atomic E-state index is 12.8. The maximum Gasteiger partial charge on any atom is 0.310 e. The first-order valence-electron chi connectivity index (χ1n) is 13.8. The van der Waals surface area contributed by atoms with Gasteiger partial charge in [-0.05, 0) is 37.0 Å². The SMILES string of the molecule is CC(C)CCCCCCCOC(=O)C1CC=CC(C)C1C(=O)OCCCCCCCC(C)C. The van der Waals surface area contributed by atoms with Crippen molar-refractivity contribution in [1.82, 2.24) is 0 Å².